The van der Waals surface area contributed by atoms with Crippen LogP contribution >= 0.6 is 0 Å². The first-order valence-electron chi connectivity index (χ1n) is 4.21. The van der Waals surface area contributed by atoms with E-state index in [0.717, 1.165) is 12.8 Å². The van der Waals surface area contributed by atoms with Crippen molar-refractivity contribution in [3.05, 3.63) is 0 Å². The van der Waals surface area contributed by atoms with E-state index in [1.165, 1.54) is 0 Å². The molecule has 1 aliphatic carbocycles. The maximum Gasteiger partial charge on any atom is 0.0267 e. The molecule has 1 rings (SSSR count). The summed E-state index contributed by atoms with van der Waals surface area (Å²) in [5, 5.41) is 0. The third-order valence-corrected chi connectivity index (χ3v) is 0.250. The molecular formula is C4H10. The van der Waals surface area contributed by atoms with Crippen LogP contribution in [-0.4, -0.2) is 0 Å². The van der Waals surface area contributed by atoms with Crippen LogP contribution in [0, 0.1) is 0 Å². The van der Waals surface area contributed by atoms with Crippen LogP contribution in [-0.2, 0) is 0 Å². The van der Waals surface area contributed by atoms with Gasteiger partial charge in [-0.2, -0.15) is 0 Å². The second-order valence-corrected chi connectivity index (χ2v) is 0.750. The highest BCUT2D eigenvalue weighted by Gasteiger charge is 1.95. The highest BCUT2D eigenvalue weighted by atomic mass is 14.0. The van der Waals surface area contributed by atoms with Crippen LogP contribution in [0.15, 0.2) is 0 Å². The highest BCUT2D eigenvalue weighted by Crippen LogP contribution is 2.14. The molecule has 1 aliphatic rings. The van der Waals surface area contributed by atoms with Crippen molar-refractivity contribution in [2.75, 3.05) is 0 Å². The lowest BCUT2D eigenvalue weighted by molar-refractivity contribution is 1.50. The maximum atomic E-state index is 6.72. The summed E-state index contributed by atoms with van der Waals surface area (Å²) in [6.45, 7) is 0. The molecule has 0 bridgehead atoms. The van der Waals surface area contributed by atoms with E-state index in [2.05, 4.69) is 0 Å². The molecule has 4 heavy (non-hydrogen) atoms. The maximum absolute atomic E-state index is 6.72. The van der Waals surface area contributed by atoms with E-state index in [-0.39, 0.29) is 0 Å². The first-order chi connectivity index (χ1) is 4.21. The Balaban J connectivity index is 0.000000162. The van der Waals surface area contributed by atoms with Gasteiger partial charge in [0.25, 0.3) is 0 Å². The lowest BCUT2D eigenvalue weighted by Gasteiger charge is -1.05. The van der Waals surface area contributed by atoms with Crippen molar-refractivity contribution in [3.8, 4) is 0 Å². The van der Waals surface area contributed by atoms with E-state index in [9.17, 15) is 0 Å². The molecule has 0 heterocycles. The predicted molar refractivity (Wildman–Crippen MR) is 20.6 cm³/mol. The van der Waals surface area contributed by atoms with Gasteiger partial charge in [-0.15, -0.1) is 0 Å². The van der Waals surface area contributed by atoms with Crippen molar-refractivity contribution < 1.29 is 8.22 Å². The predicted octanol–water partition coefficient (Wildman–Crippen LogP) is 1.81. The van der Waals surface area contributed by atoms with Gasteiger partial charge in [-0.3, -0.25) is 0 Å². The Hall–Kier alpha value is 0. The SMILES string of the molecule is [2H]C([2H])([2H])[2H].[2H]C1([2H])CC1. The van der Waals surface area contributed by atoms with Crippen molar-refractivity contribution in [1.82, 2.24) is 0 Å². The molecular weight excluding hydrogens is 48.0 g/mol. The van der Waals surface area contributed by atoms with Gasteiger partial charge < -0.3 is 0 Å². The molecule has 0 N–H and O–H groups in total. The van der Waals surface area contributed by atoms with Gasteiger partial charge in [0.15, 0.2) is 0 Å². The van der Waals surface area contributed by atoms with Crippen LogP contribution < -0.4 is 0 Å². The summed E-state index contributed by atoms with van der Waals surface area (Å²) in [6.07, 6.45) is 0.819. The quantitative estimate of drug-likeness (QED) is 0.403. The average Bonchev–Trinajstić information content (AvgIpc) is 2.11. The summed E-state index contributed by atoms with van der Waals surface area (Å²) >= 11 is 0. The summed E-state index contributed by atoms with van der Waals surface area (Å²) in [5.74, 6) is 0. The zero-order valence-electron chi connectivity index (χ0n) is 8.41. The van der Waals surface area contributed by atoms with Gasteiger partial charge in [0.2, 0.25) is 0 Å². The normalized spacial score (nSPS) is 54.0. The van der Waals surface area contributed by atoms with Gasteiger partial charge in [-0.05, 0) is 0 Å². The molecule has 0 saturated heterocycles. The lowest BCUT2D eigenvalue weighted by atomic mass is 11.0. The van der Waals surface area contributed by atoms with Crippen LogP contribution in [0.1, 0.15) is 34.8 Å². The molecule has 0 amide bonds. The minimum absolute atomic E-state index is 0.750. The Kier molecular flexibility index (Phi) is 0.148. The van der Waals surface area contributed by atoms with Gasteiger partial charge >= 0.3 is 0 Å². The fraction of sp³-hybridized carbons (Fsp3) is 1.00. The Morgan fingerprint density at radius 2 is 2.25 bits per heavy atom. The Bertz CT molecular complexity index is 86.7. The van der Waals surface area contributed by atoms with Gasteiger partial charge in [-0.25, -0.2) is 0 Å². The van der Waals surface area contributed by atoms with Gasteiger partial charge in [0.05, 0.1) is 0 Å². The molecule has 0 aromatic carbocycles. The van der Waals surface area contributed by atoms with Gasteiger partial charge in [0, 0.05) is 8.22 Å². The van der Waals surface area contributed by atoms with E-state index in [1.807, 2.05) is 0 Å². The zero-order chi connectivity index (χ0) is 8.41. The molecule has 0 radical (unpaired) electrons. The van der Waals surface area contributed by atoms with Crippen molar-refractivity contribution in [1.29, 1.82) is 0 Å². The van der Waals surface area contributed by atoms with E-state index >= 15 is 0 Å². The second kappa shape index (κ2) is 1.33. The molecule has 0 aromatic rings. The van der Waals surface area contributed by atoms with E-state index < -0.39 is 13.7 Å². The minimum atomic E-state index is -2.50. The summed E-state index contributed by atoms with van der Waals surface area (Å²) in [6, 6.07) is 0. The molecule has 1 fully saturated rings. The lowest BCUT2D eigenvalue weighted by Crippen LogP contribution is -0.856. The molecule has 0 spiro atoms. The van der Waals surface area contributed by atoms with Crippen LogP contribution in [0.3, 0.4) is 0 Å². The minimum Gasteiger partial charge on any atom is -0.0776 e. The number of hydrogen-bond acceptors (Lipinski definition) is 0. The van der Waals surface area contributed by atoms with E-state index in [1.54, 1.807) is 0 Å². The van der Waals surface area contributed by atoms with Crippen LogP contribution in [0.4, 0.5) is 0 Å². The summed E-state index contributed by atoms with van der Waals surface area (Å²) in [5.41, 5.74) is 0. The summed E-state index contributed by atoms with van der Waals surface area (Å²) < 4.78 is 37.2. The molecule has 0 aliphatic heterocycles. The Morgan fingerprint density at radius 1 is 2.00 bits per heavy atom. The number of rotatable bonds is 0. The van der Waals surface area contributed by atoms with Gasteiger partial charge in [-0.1, -0.05) is 26.5 Å². The van der Waals surface area contributed by atoms with Crippen molar-refractivity contribution in [2.24, 2.45) is 0 Å². The fourth-order valence-corrected chi connectivity index (χ4v) is 0. The standard InChI is InChI=1S/C3H6.CH4/c1-2-3-1;/h1-3H2;1H4/i1D2;1D4. The summed E-state index contributed by atoms with van der Waals surface area (Å²) in [7, 11) is -2.50. The zero-order valence-corrected chi connectivity index (χ0v) is 2.41. The smallest absolute Gasteiger partial charge is 0.0267 e. The highest BCUT2D eigenvalue weighted by molar-refractivity contribution is 4.50. The van der Waals surface area contributed by atoms with Crippen LogP contribution in [0.2, 0.25) is 0 Å². The first kappa shape index (κ1) is 0.444. The van der Waals surface area contributed by atoms with E-state index in [0.29, 0.717) is 0 Å². The van der Waals surface area contributed by atoms with Crippen LogP contribution in [0.5, 0.6) is 0 Å². The van der Waals surface area contributed by atoms with Crippen LogP contribution in [0.25, 0.3) is 0 Å². The Labute approximate surface area is 36.3 Å². The third kappa shape index (κ3) is 2.00. The van der Waals surface area contributed by atoms with Crippen molar-refractivity contribution in [3.63, 3.8) is 0 Å². The monoisotopic (exact) mass is 64.1 g/mol. The van der Waals surface area contributed by atoms with Crippen molar-refractivity contribution >= 4 is 0 Å². The average molecular weight is 64.2 g/mol. The first-order valence-corrected chi connectivity index (χ1v) is 1.21. The molecule has 0 heteroatoms. The molecule has 0 atom stereocenters. The molecule has 0 unspecified atom stereocenters. The third-order valence-electron chi connectivity index (χ3n) is 0.250. The second-order valence-electron chi connectivity index (χ2n) is 0.750. The topological polar surface area (TPSA) is 0 Å². The largest absolute Gasteiger partial charge is 0.0776 e. The molecule has 0 aromatic heterocycles. The number of hydrogen-bond donors (Lipinski definition) is 0. The molecule has 26 valence electrons. The summed E-state index contributed by atoms with van der Waals surface area (Å²) in [4.78, 5) is 0. The van der Waals surface area contributed by atoms with Crippen molar-refractivity contribution in [2.45, 2.75) is 26.5 Å². The van der Waals surface area contributed by atoms with E-state index in [4.69, 9.17) is 8.22 Å². The van der Waals surface area contributed by atoms with Gasteiger partial charge in [0.1, 0.15) is 0 Å². The fourth-order valence-electron chi connectivity index (χ4n) is 0. The molecule has 1 saturated carbocycles. The molecule has 0 nitrogen and oxygen atoms in total. The Morgan fingerprint density at radius 3 is 2.25 bits per heavy atom.